The van der Waals surface area contributed by atoms with Crippen LogP contribution in [0.1, 0.15) is 10.6 Å². The van der Waals surface area contributed by atoms with Crippen LogP contribution in [0.3, 0.4) is 0 Å². The number of hydrogen-bond acceptors (Lipinski definition) is 4. The molecule has 18 heavy (non-hydrogen) atoms. The Bertz CT molecular complexity index is 510. The van der Waals surface area contributed by atoms with Crippen LogP contribution in [0, 0.1) is 0 Å². The lowest BCUT2D eigenvalue weighted by molar-refractivity contribution is 0.402. The molecule has 0 aliphatic heterocycles. The highest BCUT2D eigenvalue weighted by atomic mass is 35.5. The average molecular weight is 282 g/mol. The van der Waals surface area contributed by atoms with E-state index in [2.05, 4.69) is 53.6 Å². The molecule has 96 valence electrons. The first-order valence-corrected chi connectivity index (χ1v) is 6.90. The molecule has 1 aromatic heterocycles. The molecule has 0 amide bonds. The number of hydrogen-bond donors (Lipinski definition) is 1. The lowest BCUT2D eigenvalue weighted by atomic mass is 10.2. The van der Waals surface area contributed by atoms with Crippen molar-refractivity contribution in [2.75, 3.05) is 19.4 Å². The molecule has 0 unspecified atom stereocenters. The molecule has 0 atom stereocenters. The maximum atomic E-state index is 5.85. The minimum absolute atomic E-state index is 0.711. The van der Waals surface area contributed by atoms with Gasteiger partial charge >= 0.3 is 0 Å². The second-order valence-electron chi connectivity index (χ2n) is 4.35. The van der Waals surface area contributed by atoms with Gasteiger partial charge in [-0.25, -0.2) is 4.98 Å². The molecular weight excluding hydrogens is 266 g/mol. The van der Waals surface area contributed by atoms with Crippen LogP contribution in [-0.2, 0) is 13.1 Å². The van der Waals surface area contributed by atoms with Gasteiger partial charge in [0.15, 0.2) is 0 Å². The maximum absolute atomic E-state index is 5.85. The monoisotopic (exact) mass is 281 g/mol. The minimum Gasteiger partial charge on any atom is -0.379 e. The Morgan fingerprint density at radius 2 is 2.22 bits per heavy atom. The molecule has 1 aromatic carbocycles. The summed E-state index contributed by atoms with van der Waals surface area (Å²) in [5.74, 6) is 0. The number of rotatable bonds is 5. The number of aromatic nitrogens is 1. The van der Waals surface area contributed by atoms with Crippen LogP contribution in [0.4, 0.5) is 5.69 Å². The van der Waals surface area contributed by atoms with E-state index in [9.17, 15) is 0 Å². The summed E-state index contributed by atoms with van der Waals surface area (Å²) in [5.41, 5.74) is 2.41. The van der Waals surface area contributed by atoms with Gasteiger partial charge in [0.1, 0.15) is 9.34 Å². The van der Waals surface area contributed by atoms with Crippen LogP contribution in [0.15, 0.2) is 30.5 Å². The molecular formula is C13H16ClN3S. The fraction of sp³-hybridized carbons (Fsp3) is 0.308. The summed E-state index contributed by atoms with van der Waals surface area (Å²) in [5, 5.41) is 4.36. The normalized spacial score (nSPS) is 10.9. The first kappa shape index (κ1) is 13.3. The van der Waals surface area contributed by atoms with Crippen molar-refractivity contribution < 1.29 is 0 Å². The average Bonchev–Trinajstić information content (AvgIpc) is 2.72. The Hall–Kier alpha value is -1.10. The van der Waals surface area contributed by atoms with Gasteiger partial charge in [-0.2, -0.15) is 0 Å². The zero-order valence-corrected chi connectivity index (χ0v) is 12.1. The molecule has 0 bridgehead atoms. The Morgan fingerprint density at radius 3 is 2.89 bits per heavy atom. The number of anilines is 1. The van der Waals surface area contributed by atoms with Crippen molar-refractivity contribution in [2.24, 2.45) is 0 Å². The largest absolute Gasteiger partial charge is 0.379 e. The van der Waals surface area contributed by atoms with E-state index in [1.54, 1.807) is 6.20 Å². The fourth-order valence-corrected chi connectivity index (χ4v) is 2.59. The smallest absolute Gasteiger partial charge is 0.113 e. The summed E-state index contributed by atoms with van der Waals surface area (Å²) in [4.78, 5) is 6.37. The zero-order valence-electron chi connectivity index (χ0n) is 10.5. The van der Waals surface area contributed by atoms with Crippen molar-refractivity contribution in [2.45, 2.75) is 13.1 Å². The molecule has 0 spiro atoms. The highest BCUT2D eigenvalue weighted by Crippen LogP contribution is 2.19. The number of nitrogens with zero attached hydrogens (tertiary/aromatic N) is 2. The standard InChI is InChI=1S/C13H16ClN3S/c1-17(2)9-10-4-3-5-11(6-10)15-8-13-16-7-12(14)18-13/h3-7,15H,8-9H2,1-2H3. The van der Waals surface area contributed by atoms with Crippen LogP contribution in [0.5, 0.6) is 0 Å². The number of thiazole rings is 1. The van der Waals surface area contributed by atoms with Gasteiger partial charge in [0.25, 0.3) is 0 Å². The molecule has 1 N–H and O–H groups in total. The third-order valence-electron chi connectivity index (χ3n) is 2.39. The number of nitrogens with one attached hydrogen (secondary N) is 1. The summed E-state index contributed by atoms with van der Waals surface area (Å²) < 4.78 is 0.730. The van der Waals surface area contributed by atoms with E-state index in [0.717, 1.165) is 21.6 Å². The van der Waals surface area contributed by atoms with E-state index in [-0.39, 0.29) is 0 Å². The molecule has 5 heteroatoms. The SMILES string of the molecule is CN(C)Cc1cccc(NCc2ncc(Cl)s2)c1. The first-order chi connectivity index (χ1) is 8.63. The Labute approximate surface area is 116 Å². The molecule has 2 aromatic rings. The fourth-order valence-electron chi connectivity index (χ4n) is 1.69. The van der Waals surface area contributed by atoms with Crippen LogP contribution in [0.2, 0.25) is 4.34 Å². The van der Waals surface area contributed by atoms with E-state index < -0.39 is 0 Å². The highest BCUT2D eigenvalue weighted by molar-refractivity contribution is 7.15. The van der Waals surface area contributed by atoms with E-state index in [1.165, 1.54) is 16.9 Å². The highest BCUT2D eigenvalue weighted by Gasteiger charge is 2.01. The molecule has 2 rings (SSSR count). The Kier molecular flexibility index (Phi) is 4.58. The van der Waals surface area contributed by atoms with Crippen LogP contribution in [-0.4, -0.2) is 24.0 Å². The molecule has 0 saturated carbocycles. The maximum Gasteiger partial charge on any atom is 0.113 e. The van der Waals surface area contributed by atoms with E-state index in [4.69, 9.17) is 11.6 Å². The Balaban J connectivity index is 1.96. The molecule has 0 saturated heterocycles. The van der Waals surface area contributed by atoms with E-state index in [0.29, 0.717) is 6.54 Å². The molecule has 0 aliphatic rings. The van der Waals surface area contributed by atoms with Gasteiger partial charge in [-0.05, 0) is 31.8 Å². The van der Waals surface area contributed by atoms with Crippen molar-refractivity contribution >= 4 is 28.6 Å². The molecule has 0 fully saturated rings. The molecule has 0 radical (unpaired) electrons. The second kappa shape index (κ2) is 6.18. The van der Waals surface area contributed by atoms with E-state index in [1.807, 2.05) is 0 Å². The van der Waals surface area contributed by atoms with Crippen molar-refractivity contribution in [1.82, 2.24) is 9.88 Å². The third-order valence-corrected chi connectivity index (χ3v) is 3.51. The van der Waals surface area contributed by atoms with Gasteiger partial charge in [-0.3, -0.25) is 0 Å². The van der Waals surface area contributed by atoms with Crippen molar-refractivity contribution in [3.8, 4) is 0 Å². The molecule has 3 nitrogen and oxygen atoms in total. The van der Waals surface area contributed by atoms with Gasteiger partial charge in [-0.15, -0.1) is 11.3 Å². The minimum atomic E-state index is 0.711. The van der Waals surface area contributed by atoms with Crippen molar-refractivity contribution in [3.63, 3.8) is 0 Å². The number of halogens is 1. The zero-order chi connectivity index (χ0) is 13.0. The summed E-state index contributed by atoms with van der Waals surface area (Å²) in [6.45, 7) is 1.65. The summed E-state index contributed by atoms with van der Waals surface area (Å²) >= 11 is 7.35. The summed E-state index contributed by atoms with van der Waals surface area (Å²) in [6.07, 6.45) is 1.69. The van der Waals surface area contributed by atoms with Gasteiger partial charge in [0, 0.05) is 12.2 Å². The van der Waals surface area contributed by atoms with Crippen LogP contribution in [0.25, 0.3) is 0 Å². The lowest BCUT2D eigenvalue weighted by Crippen LogP contribution is -2.10. The van der Waals surface area contributed by atoms with E-state index >= 15 is 0 Å². The topological polar surface area (TPSA) is 28.2 Å². The third kappa shape index (κ3) is 3.98. The second-order valence-corrected chi connectivity index (χ2v) is 6.10. The van der Waals surface area contributed by atoms with Gasteiger partial charge in [-0.1, -0.05) is 23.7 Å². The lowest BCUT2D eigenvalue weighted by Gasteiger charge is -2.11. The van der Waals surface area contributed by atoms with Gasteiger partial charge < -0.3 is 10.2 Å². The first-order valence-electron chi connectivity index (χ1n) is 5.71. The molecule has 1 heterocycles. The summed E-state index contributed by atoms with van der Waals surface area (Å²) in [6, 6.07) is 8.42. The molecule has 0 aliphatic carbocycles. The quantitative estimate of drug-likeness (QED) is 0.910. The summed E-state index contributed by atoms with van der Waals surface area (Å²) in [7, 11) is 4.13. The predicted octanol–water partition coefficient (Wildman–Crippen LogP) is 3.47. The van der Waals surface area contributed by atoms with Gasteiger partial charge in [0.2, 0.25) is 0 Å². The Morgan fingerprint density at radius 1 is 1.39 bits per heavy atom. The van der Waals surface area contributed by atoms with Crippen molar-refractivity contribution in [1.29, 1.82) is 0 Å². The van der Waals surface area contributed by atoms with Gasteiger partial charge in [0.05, 0.1) is 12.7 Å². The van der Waals surface area contributed by atoms with Crippen molar-refractivity contribution in [3.05, 3.63) is 45.4 Å². The number of benzene rings is 1. The predicted molar refractivity (Wildman–Crippen MR) is 78.3 cm³/mol. The van der Waals surface area contributed by atoms with Crippen LogP contribution >= 0.6 is 22.9 Å². The van der Waals surface area contributed by atoms with Crippen LogP contribution < -0.4 is 5.32 Å².